The largest absolute Gasteiger partial charge is 0.358 e. The van der Waals surface area contributed by atoms with Gasteiger partial charge in [-0.2, -0.15) is 0 Å². The first-order chi connectivity index (χ1) is 8.63. The van der Waals surface area contributed by atoms with Gasteiger partial charge in [-0.15, -0.1) is 0 Å². The molecule has 0 aliphatic carbocycles. The second-order valence-corrected chi connectivity index (χ2v) is 4.96. The molecular formula is C13H18ClN3O. The maximum atomic E-state index is 11.9. The van der Waals surface area contributed by atoms with E-state index in [1.165, 1.54) is 0 Å². The van der Waals surface area contributed by atoms with Crippen molar-refractivity contribution in [2.45, 2.75) is 19.4 Å². The number of benzene rings is 1. The summed E-state index contributed by atoms with van der Waals surface area (Å²) in [6.07, 6.45) is 0.921. The summed E-state index contributed by atoms with van der Waals surface area (Å²) in [5.74, 6) is 0.00403. The maximum absolute atomic E-state index is 11.9. The second kappa shape index (κ2) is 5.59. The van der Waals surface area contributed by atoms with Gasteiger partial charge in [0, 0.05) is 30.3 Å². The van der Waals surface area contributed by atoms with Crippen molar-refractivity contribution in [2.24, 2.45) is 5.73 Å². The van der Waals surface area contributed by atoms with E-state index in [0.717, 1.165) is 24.2 Å². The van der Waals surface area contributed by atoms with Crippen molar-refractivity contribution < 1.29 is 4.79 Å². The Bertz CT molecular complexity index is 450. The molecule has 1 heterocycles. The van der Waals surface area contributed by atoms with E-state index in [9.17, 15) is 4.79 Å². The Balaban J connectivity index is 2.36. The smallest absolute Gasteiger partial charge is 0.244 e. The van der Waals surface area contributed by atoms with Crippen LogP contribution in [0, 0.1) is 6.92 Å². The quantitative estimate of drug-likeness (QED) is 0.849. The highest BCUT2D eigenvalue weighted by atomic mass is 35.5. The zero-order valence-electron chi connectivity index (χ0n) is 10.4. The van der Waals surface area contributed by atoms with Crippen LogP contribution in [-0.4, -0.2) is 31.6 Å². The lowest BCUT2D eigenvalue weighted by Gasteiger charge is -2.30. The molecule has 0 spiro atoms. The summed E-state index contributed by atoms with van der Waals surface area (Å²) in [6, 6.07) is 5.42. The van der Waals surface area contributed by atoms with Crippen molar-refractivity contribution >= 4 is 23.2 Å². The first-order valence-corrected chi connectivity index (χ1v) is 6.52. The zero-order valence-corrected chi connectivity index (χ0v) is 11.2. The number of anilines is 1. The lowest BCUT2D eigenvalue weighted by molar-refractivity contribution is -0.121. The van der Waals surface area contributed by atoms with Crippen LogP contribution < -0.4 is 16.0 Å². The molecule has 98 valence electrons. The summed E-state index contributed by atoms with van der Waals surface area (Å²) in [5, 5.41) is 3.60. The molecule has 1 aromatic carbocycles. The van der Waals surface area contributed by atoms with E-state index in [1.807, 2.05) is 25.1 Å². The van der Waals surface area contributed by atoms with Gasteiger partial charge in [-0.1, -0.05) is 11.6 Å². The van der Waals surface area contributed by atoms with E-state index < -0.39 is 0 Å². The van der Waals surface area contributed by atoms with Crippen LogP contribution in [0.25, 0.3) is 0 Å². The molecule has 0 radical (unpaired) electrons. The standard InChI is InChI=1S/C13H18ClN3O/c1-9-7-10(14)3-4-11(9)17-6-2-5-16-13(18)12(17)8-15/h3-4,7,12H,2,5-6,8,15H2,1H3,(H,16,18). The van der Waals surface area contributed by atoms with Gasteiger partial charge in [-0.05, 0) is 37.1 Å². The fraction of sp³-hybridized carbons (Fsp3) is 0.462. The topological polar surface area (TPSA) is 58.4 Å². The number of rotatable bonds is 2. The van der Waals surface area contributed by atoms with E-state index in [4.69, 9.17) is 17.3 Å². The molecule has 1 unspecified atom stereocenters. The van der Waals surface area contributed by atoms with Gasteiger partial charge in [-0.3, -0.25) is 4.79 Å². The molecule has 5 heteroatoms. The summed E-state index contributed by atoms with van der Waals surface area (Å²) in [7, 11) is 0. The Morgan fingerprint density at radius 1 is 1.56 bits per heavy atom. The summed E-state index contributed by atoms with van der Waals surface area (Å²) in [6.45, 7) is 3.84. The molecule has 4 nitrogen and oxygen atoms in total. The molecule has 2 rings (SSSR count). The average molecular weight is 268 g/mol. The Morgan fingerprint density at radius 2 is 2.33 bits per heavy atom. The van der Waals surface area contributed by atoms with Gasteiger partial charge in [0.15, 0.2) is 0 Å². The van der Waals surface area contributed by atoms with Crippen LogP contribution in [0.1, 0.15) is 12.0 Å². The summed E-state index contributed by atoms with van der Waals surface area (Å²) < 4.78 is 0. The van der Waals surface area contributed by atoms with E-state index >= 15 is 0 Å². The number of nitrogens with zero attached hydrogens (tertiary/aromatic N) is 1. The highest BCUT2D eigenvalue weighted by Gasteiger charge is 2.27. The summed E-state index contributed by atoms with van der Waals surface area (Å²) in [5.41, 5.74) is 7.84. The molecule has 1 aromatic rings. The van der Waals surface area contributed by atoms with Gasteiger partial charge in [0.05, 0.1) is 0 Å². The minimum Gasteiger partial charge on any atom is -0.358 e. The maximum Gasteiger partial charge on any atom is 0.244 e. The molecule has 18 heavy (non-hydrogen) atoms. The number of aryl methyl sites for hydroxylation is 1. The van der Waals surface area contributed by atoms with Crippen LogP contribution in [0.15, 0.2) is 18.2 Å². The number of amides is 1. The predicted octanol–water partition coefficient (Wildman–Crippen LogP) is 1.30. The lowest BCUT2D eigenvalue weighted by atomic mass is 10.1. The number of hydrogen-bond acceptors (Lipinski definition) is 3. The Kier molecular flexibility index (Phi) is 4.09. The van der Waals surface area contributed by atoms with Gasteiger partial charge < -0.3 is 16.0 Å². The van der Waals surface area contributed by atoms with Crippen LogP contribution in [0.4, 0.5) is 5.69 Å². The van der Waals surface area contributed by atoms with Crippen molar-refractivity contribution in [3.63, 3.8) is 0 Å². The van der Waals surface area contributed by atoms with Gasteiger partial charge >= 0.3 is 0 Å². The summed E-state index contributed by atoms with van der Waals surface area (Å²) in [4.78, 5) is 14.0. The molecular weight excluding hydrogens is 250 g/mol. The predicted molar refractivity (Wildman–Crippen MR) is 74.0 cm³/mol. The van der Waals surface area contributed by atoms with E-state index in [1.54, 1.807) is 0 Å². The molecule has 1 fully saturated rings. The first-order valence-electron chi connectivity index (χ1n) is 6.14. The highest BCUT2D eigenvalue weighted by Crippen LogP contribution is 2.26. The number of nitrogens with two attached hydrogens (primary N) is 1. The molecule has 3 N–H and O–H groups in total. The SMILES string of the molecule is Cc1cc(Cl)ccc1N1CCCNC(=O)C1CN. The molecule has 0 aromatic heterocycles. The van der Waals surface area contributed by atoms with E-state index in [0.29, 0.717) is 18.1 Å². The Hall–Kier alpha value is -1.26. The van der Waals surface area contributed by atoms with Crippen molar-refractivity contribution in [3.05, 3.63) is 28.8 Å². The summed E-state index contributed by atoms with van der Waals surface area (Å²) >= 11 is 5.96. The van der Waals surface area contributed by atoms with E-state index in [2.05, 4.69) is 10.2 Å². The fourth-order valence-electron chi connectivity index (χ4n) is 2.34. The minimum atomic E-state index is -0.299. The van der Waals surface area contributed by atoms with Crippen molar-refractivity contribution in [2.75, 3.05) is 24.5 Å². The van der Waals surface area contributed by atoms with Crippen LogP contribution in [0.3, 0.4) is 0 Å². The molecule has 1 amide bonds. The number of nitrogens with one attached hydrogen (secondary N) is 1. The molecule has 1 aliphatic rings. The van der Waals surface area contributed by atoms with Crippen molar-refractivity contribution in [1.82, 2.24) is 5.32 Å². The van der Waals surface area contributed by atoms with Crippen molar-refractivity contribution in [3.8, 4) is 0 Å². The third-order valence-electron chi connectivity index (χ3n) is 3.25. The third kappa shape index (κ3) is 2.60. The van der Waals surface area contributed by atoms with Gasteiger partial charge in [-0.25, -0.2) is 0 Å². The van der Waals surface area contributed by atoms with Crippen LogP contribution in [0.5, 0.6) is 0 Å². The average Bonchev–Trinajstić information content (AvgIpc) is 2.51. The van der Waals surface area contributed by atoms with Gasteiger partial charge in [0.2, 0.25) is 5.91 Å². The van der Waals surface area contributed by atoms with Crippen LogP contribution in [0.2, 0.25) is 5.02 Å². The van der Waals surface area contributed by atoms with Crippen molar-refractivity contribution in [1.29, 1.82) is 0 Å². The van der Waals surface area contributed by atoms with Gasteiger partial charge in [0.25, 0.3) is 0 Å². The monoisotopic (exact) mass is 267 g/mol. The molecule has 1 saturated heterocycles. The number of halogens is 1. The van der Waals surface area contributed by atoms with Crippen LogP contribution in [-0.2, 0) is 4.79 Å². The van der Waals surface area contributed by atoms with Gasteiger partial charge in [0.1, 0.15) is 6.04 Å². The zero-order chi connectivity index (χ0) is 13.1. The molecule has 1 atom stereocenters. The van der Waals surface area contributed by atoms with Crippen LogP contribution >= 0.6 is 11.6 Å². The molecule has 0 saturated carbocycles. The Labute approximate surface area is 112 Å². The lowest BCUT2D eigenvalue weighted by Crippen LogP contribution is -2.49. The minimum absolute atomic E-state index is 0.00403. The number of hydrogen-bond donors (Lipinski definition) is 2. The van der Waals surface area contributed by atoms with E-state index in [-0.39, 0.29) is 11.9 Å². The highest BCUT2D eigenvalue weighted by molar-refractivity contribution is 6.30. The molecule has 1 aliphatic heterocycles. The fourth-order valence-corrected chi connectivity index (χ4v) is 2.57. The number of carbonyl (C=O) groups excluding carboxylic acids is 1. The Morgan fingerprint density at radius 3 is 3.00 bits per heavy atom. The second-order valence-electron chi connectivity index (χ2n) is 4.52. The normalized spacial score (nSPS) is 20.5. The third-order valence-corrected chi connectivity index (χ3v) is 3.48. The number of carbonyl (C=O) groups is 1. The molecule has 0 bridgehead atoms. The first kappa shape index (κ1) is 13.2.